The Morgan fingerprint density at radius 1 is 1.06 bits per heavy atom. The summed E-state index contributed by atoms with van der Waals surface area (Å²) < 4.78 is 25.0. The maximum Gasteiger partial charge on any atom is 0.254 e. The lowest BCUT2D eigenvalue weighted by Crippen LogP contribution is -2.40. The highest BCUT2D eigenvalue weighted by Gasteiger charge is 2.22. The number of nitrogens with one attached hydrogen (secondary N) is 1. The van der Waals surface area contributed by atoms with Crippen molar-refractivity contribution in [3.8, 4) is 0 Å². The van der Waals surface area contributed by atoms with E-state index in [-0.39, 0.29) is 30.5 Å². The molecule has 11 heteroatoms. The summed E-state index contributed by atoms with van der Waals surface area (Å²) in [6, 6.07) is 12.5. The zero-order chi connectivity index (χ0) is 23.2. The summed E-state index contributed by atoms with van der Waals surface area (Å²) in [5, 5.41) is 27.4. The zero-order valence-electron chi connectivity index (χ0n) is 17.5. The first-order chi connectivity index (χ1) is 14.5. The first-order valence-corrected chi connectivity index (χ1v) is 11.3. The number of amides is 1. The Labute approximate surface area is 181 Å². The number of aliphatic hydroxyl groups is 1. The molecular weight excluding hydrogens is 426 g/mol. The van der Waals surface area contributed by atoms with Gasteiger partial charge in [-0.1, -0.05) is 24.3 Å². The minimum Gasteiger partial charge on any atom is -0.387 e. The van der Waals surface area contributed by atoms with Crippen molar-refractivity contribution >= 4 is 21.6 Å². The average molecular weight is 454 g/mol. The second-order valence-electron chi connectivity index (χ2n) is 7.29. The van der Waals surface area contributed by atoms with Crippen molar-refractivity contribution in [1.82, 2.24) is 10.3 Å². The fourth-order valence-corrected chi connectivity index (χ4v) is 3.41. The summed E-state index contributed by atoms with van der Waals surface area (Å²) >= 11 is 0. The Morgan fingerprint density at radius 3 is 2.13 bits per heavy atom. The van der Waals surface area contributed by atoms with Crippen LogP contribution in [-0.4, -0.2) is 59.0 Å². The van der Waals surface area contributed by atoms with E-state index < -0.39 is 16.1 Å². The van der Waals surface area contributed by atoms with Crippen molar-refractivity contribution in [3.63, 3.8) is 0 Å². The van der Waals surface area contributed by atoms with E-state index in [1.165, 1.54) is 4.90 Å². The molecule has 0 aliphatic heterocycles. The highest BCUT2D eigenvalue weighted by molar-refractivity contribution is 7.92. The Kier molecular flexibility index (Phi) is 8.51. The number of sulfonamides is 1. The average Bonchev–Trinajstić information content (AvgIpc) is 2.69. The molecule has 0 radical (unpaired) electrons. The SMILES string of the molecule is CC(C)N(CC(O)c1ccc(NS(C)(=O)=O)cc1)C(=O)c1ccc(CON(O)O)cc1. The lowest BCUT2D eigenvalue weighted by Gasteiger charge is -2.29. The lowest BCUT2D eigenvalue weighted by molar-refractivity contribution is -0.497. The van der Waals surface area contributed by atoms with Crippen LogP contribution < -0.4 is 4.72 Å². The molecule has 0 saturated heterocycles. The highest BCUT2D eigenvalue weighted by Crippen LogP contribution is 2.20. The molecule has 0 aliphatic rings. The fraction of sp³-hybridized carbons (Fsp3) is 0.350. The van der Waals surface area contributed by atoms with Crippen LogP contribution in [0.2, 0.25) is 0 Å². The molecule has 1 amide bonds. The number of hydrogen-bond acceptors (Lipinski definition) is 8. The number of rotatable bonds is 10. The van der Waals surface area contributed by atoms with E-state index in [4.69, 9.17) is 10.4 Å². The van der Waals surface area contributed by atoms with Crippen molar-refractivity contribution < 1.29 is 33.6 Å². The molecule has 2 rings (SSSR count). The lowest BCUT2D eigenvalue weighted by atomic mass is 10.1. The van der Waals surface area contributed by atoms with Crippen molar-refractivity contribution in [2.75, 3.05) is 17.5 Å². The van der Waals surface area contributed by atoms with Crippen LogP contribution in [0, 0.1) is 0 Å². The number of anilines is 1. The van der Waals surface area contributed by atoms with Gasteiger partial charge in [0, 0.05) is 17.3 Å². The monoisotopic (exact) mass is 453 g/mol. The molecule has 170 valence electrons. The van der Waals surface area contributed by atoms with Gasteiger partial charge in [-0.15, -0.1) is 0 Å². The van der Waals surface area contributed by atoms with E-state index in [0.717, 1.165) is 6.26 Å². The summed E-state index contributed by atoms with van der Waals surface area (Å²) in [6.45, 7) is 3.63. The number of aliphatic hydroxyl groups excluding tert-OH is 1. The van der Waals surface area contributed by atoms with Gasteiger partial charge in [0.15, 0.2) is 0 Å². The molecule has 0 spiro atoms. The van der Waals surface area contributed by atoms with Crippen molar-refractivity contribution in [3.05, 3.63) is 65.2 Å². The predicted octanol–water partition coefficient (Wildman–Crippen LogP) is 2.15. The Morgan fingerprint density at radius 2 is 1.65 bits per heavy atom. The summed E-state index contributed by atoms with van der Waals surface area (Å²) in [5.74, 6) is -0.275. The topological polar surface area (TPSA) is 140 Å². The Balaban J connectivity index is 2.08. The van der Waals surface area contributed by atoms with Crippen molar-refractivity contribution in [2.45, 2.75) is 32.6 Å². The standard InChI is InChI=1S/C20H27N3O7S/c1-14(2)22(20(25)17-6-4-15(5-7-17)13-30-23(26)27)12-19(24)16-8-10-18(11-9-16)21-31(3,28)29/h4-11,14,19,21,24,26-27H,12-13H2,1-3H3. The molecule has 0 saturated carbocycles. The number of nitrogens with zero attached hydrogens (tertiary/aromatic N) is 2. The first-order valence-electron chi connectivity index (χ1n) is 9.43. The van der Waals surface area contributed by atoms with Gasteiger partial charge in [0.2, 0.25) is 10.0 Å². The van der Waals surface area contributed by atoms with Crippen LogP contribution in [0.25, 0.3) is 0 Å². The molecular formula is C20H27N3O7S. The van der Waals surface area contributed by atoms with Crippen molar-refractivity contribution in [1.29, 1.82) is 0 Å². The van der Waals surface area contributed by atoms with Gasteiger partial charge in [0.05, 0.1) is 30.9 Å². The minimum absolute atomic E-state index is 0.0458. The molecule has 0 aliphatic carbocycles. The molecule has 0 fully saturated rings. The molecule has 1 unspecified atom stereocenters. The van der Waals surface area contributed by atoms with Gasteiger partial charge < -0.3 is 10.0 Å². The minimum atomic E-state index is -3.39. The van der Waals surface area contributed by atoms with E-state index >= 15 is 0 Å². The van der Waals surface area contributed by atoms with Gasteiger partial charge in [-0.2, -0.15) is 0 Å². The van der Waals surface area contributed by atoms with E-state index in [1.54, 1.807) is 48.5 Å². The molecule has 0 bridgehead atoms. The van der Waals surface area contributed by atoms with Gasteiger partial charge in [-0.05, 0) is 49.2 Å². The van der Waals surface area contributed by atoms with E-state index in [1.807, 2.05) is 13.8 Å². The third kappa shape index (κ3) is 7.90. The van der Waals surface area contributed by atoms with Crippen LogP contribution in [-0.2, 0) is 21.5 Å². The number of carbonyl (C=O) groups is 1. The van der Waals surface area contributed by atoms with Crippen LogP contribution in [0.3, 0.4) is 0 Å². The quantitative estimate of drug-likeness (QED) is 0.401. The Hall–Kier alpha value is -2.54. The van der Waals surface area contributed by atoms with Crippen LogP contribution in [0.1, 0.15) is 41.4 Å². The van der Waals surface area contributed by atoms with Gasteiger partial charge in [0.1, 0.15) is 0 Å². The van der Waals surface area contributed by atoms with Gasteiger partial charge in [-0.25, -0.2) is 13.3 Å². The molecule has 10 nitrogen and oxygen atoms in total. The summed E-state index contributed by atoms with van der Waals surface area (Å²) in [5.41, 5.74) is 1.96. The molecule has 0 heterocycles. The molecule has 4 N–H and O–H groups in total. The number of hydrogen-bond donors (Lipinski definition) is 4. The van der Waals surface area contributed by atoms with Crippen LogP contribution in [0.15, 0.2) is 48.5 Å². The molecule has 1 atom stereocenters. The summed E-state index contributed by atoms with van der Waals surface area (Å²) in [7, 11) is -3.39. The molecule has 0 aromatic heterocycles. The largest absolute Gasteiger partial charge is 0.387 e. The van der Waals surface area contributed by atoms with Crippen LogP contribution in [0.4, 0.5) is 5.69 Å². The highest BCUT2D eigenvalue weighted by atomic mass is 32.2. The molecule has 31 heavy (non-hydrogen) atoms. The third-order valence-corrected chi connectivity index (χ3v) is 5.01. The maximum atomic E-state index is 13.0. The smallest absolute Gasteiger partial charge is 0.254 e. The predicted molar refractivity (Wildman–Crippen MR) is 113 cm³/mol. The van der Waals surface area contributed by atoms with E-state index in [0.29, 0.717) is 22.4 Å². The first kappa shape index (κ1) is 24.7. The fourth-order valence-electron chi connectivity index (χ4n) is 2.85. The normalized spacial score (nSPS) is 12.8. The second kappa shape index (κ2) is 10.7. The zero-order valence-corrected chi connectivity index (χ0v) is 18.3. The van der Waals surface area contributed by atoms with Gasteiger partial charge in [0.25, 0.3) is 5.91 Å². The molecule has 2 aromatic rings. The van der Waals surface area contributed by atoms with Crippen LogP contribution >= 0.6 is 0 Å². The van der Waals surface area contributed by atoms with Crippen molar-refractivity contribution in [2.24, 2.45) is 0 Å². The van der Waals surface area contributed by atoms with Crippen LogP contribution in [0.5, 0.6) is 0 Å². The van der Waals surface area contributed by atoms with E-state index in [2.05, 4.69) is 9.56 Å². The van der Waals surface area contributed by atoms with Gasteiger partial charge >= 0.3 is 0 Å². The molecule has 2 aromatic carbocycles. The summed E-state index contributed by atoms with van der Waals surface area (Å²) in [4.78, 5) is 19.0. The third-order valence-electron chi connectivity index (χ3n) is 4.40. The number of benzene rings is 2. The maximum absolute atomic E-state index is 13.0. The van der Waals surface area contributed by atoms with E-state index in [9.17, 15) is 18.3 Å². The van der Waals surface area contributed by atoms with Gasteiger partial charge in [-0.3, -0.25) is 19.9 Å². The number of carbonyl (C=O) groups excluding carboxylic acids is 1. The summed E-state index contributed by atoms with van der Waals surface area (Å²) in [6.07, 6.45) is 0.0847. The second-order valence-corrected chi connectivity index (χ2v) is 9.03. The Bertz CT molecular complexity index is 961.